The molecule has 0 aliphatic carbocycles. The fourth-order valence-electron chi connectivity index (χ4n) is 2.37. The van der Waals surface area contributed by atoms with E-state index < -0.39 is 0 Å². The molecule has 0 atom stereocenters. The summed E-state index contributed by atoms with van der Waals surface area (Å²) in [5.41, 5.74) is 0. The molecule has 120 valence electrons. The highest BCUT2D eigenvalue weighted by atomic mass is 16.5. The Hall–Kier alpha value is -0.200. The van der Waals surface area contributed by atoms with Crippen molar-refractivity contribution < 1.29 is 14.2 Å². The predicted octanol–water partition coefficient (Wildman–Crippen LogP) is 0.988. The van der Waals surface area contributed by atoms with Crippen molar-refractivity contribution in [2.24, 2.45) is 5.92 Å². The summed E-state index contributed by atoms with van der Waals surface area (Å²) in [6.45, 7) is 7.99. The van der Waals surface area contributed by atoms with Gasteiger partial charge in [-0.05, 0) is 51.9 Å². The van der Waals surface area contributed by atoms with E-state index in [2.05, 4.69) is 17.3 Å². The lowest BCUT2D eigenvalue weighted by Gasteiger charge is -2.25. The second kappa shape index (κ2) is 12.5. The quantitative estimate of drug-likeness (QED) is 0.543. The second-order valence-electron chi connectivity index (χ2n) is 5.50. The first-order valence-electron chi connectivity index (χ1n) is 7.86. The molecule has 1 aliphatic rings. The van der Waals surface area contributed by atoms with Gasteiger partial charge in [0, 0.05) is 13.7 Å². The third-order valence-corrected chi connectivity index (χ3v) is 3.80. The maximum atomic E-state index is 5.56. The fraction of sp³-hybridized carbons (Fsp3) is 1.00. The van der Waals surface area contributed by atoms with Crippen LogP contribution in [0.25, 0.3) is 0 Å². The van der Waals surface area contributed by atoms with Gasteiger partial charge in [0.2, 0.25) is 0 Å². The van der Waals surface area contributed by atoms with Crippen LogP contribution in [0.2, 0.25) is 0 Å². The second-order valence-corrected chi connectivity index (χ2v) is 5.50. The van der Waals surface area contributed by atoms with Crippen molar-refractivity contribution in [3.05, 3.63) is 0 Å². The third kappa shape index (κ3) is 9.66. The van der Waals surface area contributed by atoms with Gasteiger partial charge >= 0.3 is 0 Å². The Balaban J connectivity index is 1.83. The Morgan fingerprint density at radius 2 is 1.60 bits per heavy atom. The number of rotatable bonds is 12. The molecular weight excluding hydrogens is 256 g/mol. The minimum atomic E-state index is 0.649. The van der Waals surface area contributed by atoms with Gasteiger partial charge in [-0.3, -0.25) is 0 Å². The van der Waals surface area contributed by atoms with Gasteiger partial charge in [0.1, 0.15) is 0 Å². The Labute approximate surface area is 123 Å². The highest BCUT2D eigenvalue weighted by Crippen LogP contribution is 2.15. The summed E-state index contributed by atoms with van der Waals surface area (Å²) in [4.78, 5) is 2.37. The average molecular weight is 288 g/mol. The van der Waals surface area contributed by atoms with Crippen LogP contribution in [0.4, 0.5) is 0 Å². The molecule has 1 fully saturated rings. The number of methoxy groups -OCH3 is 1. The van der Waals surface area contributed by atoms with Crippen LogP contribution in [0.5, 0.6) is 0 Å². The molecule has 0 bridgehead atoms. The van der Waals surface area contributed by atoms with Gasteiger partial charge in [-0.2, -0.15) is 0 Å². The Morgan fingerprint density at radius 1 is 0.950 bits per heavy atom. The van der Waals surface area contributed by atoms with Crippen molar-refractivity contribution in [1.82, 2.24) is 10.2 Å². The summed E-state index contributed by atoms with van der Waals surface area (Å²) in [7, 11) is 3.86. The van der Waals surface area contributed by atoms with Crippen LogP contribution in [-0.2, 0) is 14.2 Å². The van der Waals surface area contributed by atoms with E-state index in [0.29, 0.717) is 26.4 Å². The van der Waals surface area contributed by atoms with E-state index >= 15 is 0 Å². The Bertz CT molecular complexity index is 211. The van der Waals surface area contributed by atoms with Gasteiger partial charge in [-0.1, -0.05) is 0 Å². The van der Waals surface area contributed by atoms with Crippen molar-refractivity contribution in [3.63, 3.8) is 0 Å². The molecule has 1 saturated heterocycles. The van der Waals surface area contributed by atoms with Crippen molar-refractivity contribution in [1.29, 1.82) is 0 Å². The minimum Gasteiger partial charge on any atom is -0.382 e. The van der Waals surface area contributed by atoms with E-state index in [9.17, 15) is 0 Å². The largest absolute Gasteiger partial charge is 0.382 e. The molecule has 1 rings (SSSR count). The van der Waals surface area contributed by atoms with Crippen molar-refractivity contribution >= 4 is 0 Å². The van der Waals surface area contributed by atoms with Crippen LogP contribution in [0.1, 0.15) is 19.3 Å². The zero-order valence-electron chi connectivity index (χ0n) is 13.2. The van der Waals surface area contributed by atoms with E-state index in [1.807, 2.05) is 0 Å². The first-order valence-corrected chi connectivity index (χ1v) is 7.86. The summed E-state index contributed by atoms with van der Waals surface area (Å²) < 4.78 is 15.8. The van der Waals surface area contributed by atoms with Gasteiger partial charge in [-0.15, -0.1) is 0 Å². The first-order chi connectivity index (χ1) is 9.83. The number of likely N-dealkylation sites (N-methyl/N-ethyl adjacent to an activating group) is 1. The minimum absolute atomic E-state index is 0.649. The molecule has 5 nitrogen and oxygen atoms in total. The summed E-state index contributed by atoms with van der Waals surface area (Å²) in [6, 6.07) is 0. The maximum absolute atomic E-state index is 5.56. The summed E-state index contributed by atoms with van der Waals surface area (Å²) in [5.74, 6) is 0.911. The highest BCUT2D eigenvalue weighted by Gasteiger charge is 2.13. The zero-order valence-corrected chi connectivity index (χ0v) is 13.2. The molecule has 20 heavy (non-hydrogen) atoms. The standard InChI is InChI=1S/C15H32N2O3/c1-17(8-5-15-3-6-16-7-4-15)9-10-19-13-14-20-12-11-18-2/h15-16H,3-14H2,1-2H3. The molecule has 0 radical (unpaired) electrons. The number of nitrogens with zero attached hydrogens (tertiary/aromatic N) is 1. The topological polar surface area (TPSA) is 43.0 Å². The number of ether oxygens (including phenoxy) is 3. The van der Waals surface area contributed by atoms with E-state index in [4.69, 9.17) is 14.2 Å². The summed E-state index contributed by atoms with van der Waals surface area (Å²) in [5, 5.41) is 3.42. The fourth-order valence-corrected chi connectivity index (χ4v) is 2.37. The van der Waals surface area contributed by atoms with Crippen LogP contribution in [0.15, 0.2) is 0 Å². The predicted molar refractivity (Wildman–Crippen MR) is 81.2 cm³/mol. The lowest BCUT2D eigenvalue weighted by atomic mass is 9.94. The van der Waals surface area contributed by atoms with E-state index in [1.54, 1.807) is 7.11 Å². The number of hydrogen-bond donors (Lipinski definition) is 1. The summed E-state index contributed by atoms with van der Waals surface area (Å²) >= 11 is 0. The molecule has 0 amide bonds. The molecule has 0 aromatic rings. The number of nitrogens with one attached hydrogen (secondary N) is 1. The molecule has 1 N–H and O–H groups in total. The van der Waals surface area contributed by atoms with E-state index in [1.165, 1.54) is 38.9 Å². The van der Waals surface area contributed by atoms with E-state index in [-0.39, 0.29) is 0 Å². The van der Waals surface area contributed by atoms with Crippen LogP contribution < -0.4 is 5.32 Å². The molecule has 1 heterocycles. The van der Waals surface area contributed by atoms with Gasteiger partial charge < -0.3 is 24.4 Å². The van der Waals surface area contributed by atoms with Gasteiger partial charge in [-0.25, -0.2) is 0 Å². The smallest absolute Gasteiger partial charge is 0.0701 e. The molecule has 0 aromatic heterocycles. The molecule has 0 unspecified atom stereocenters. The SMILES string of the molecule is COCCOCCOCCN(C)CCC1CCNCC1. The molecular formula is C15H32N2O3. The van der Waals surface area contributed by atoms with Crippen LogP contribution >= 0.6 is 0 Å². The molecule has 0 spiro atoms. The maximum Gasteiger partial charge on any atom is 0.0701 e. The lowest BCUT2D eigenvalue weighted by molar-refractivity contribution is 0.0206. The molecule has 0 saturated carbocycles. The van der Waals surface area contributed by atoms with Crippen molar-refractivity contribution in [2.75, 3.05) is 73.4 Å². The zero-order chi connectivity index (χ0) is 14.5. The number of hydrogen-bond acceptors (Lipinski definition) is 5. The molecule has 1 aliphatic heterocycles. The Kier molecular flexibility index (Phi) is 11.2. The summed E-state index contributed by atoms with van der Waals surface area (Å²) in [6.07, 6.45) is 3.99. The third-order valence-electron chi connectivity index (χ3n) is 3.80. The van der Waals surface area contributed by atoms with Crippen LogP contribution in [-0.4, -0.2) is 78.3 Å². The number of piperidine rings is 1. The normalized spacial score (nSPS) is 16.9. The average Bonchev–Trinajstić information content (AvgIpc) is 2.49. The van der Waals surface area contributed by atoms with Crippen LogP contribution in [0.3, 0.4) is 0 Å². The van der Waals surface area contributed by atoms with Gasteiger partial charge in [0.05, 0.1) is 33.0 Å². The monoisotopic (exact) mass is 288 g/mol. The van der Waals surface area contributed by atoms with E-state index in [0.717, 1.165) is 19.1 Å². The first kappa shape index (κ1) is 17.9. The van der Waals surface area contributed by atoms with Gasteiger partial charge in [0.25, 0.3) is 0 Å². The molecule has 0 aromatic carbocycles. The van der Waals surface area contributed by atoms with Crippen LogP contribution in [0, 0.1) is 5.92 Å². The van der Waals surface area contributed by atoms with Crippen molar-refractivity contribution in [2.45, 2.75) is 19.3 Å². The highest BCUT2D eigenvalue weighted by molar-refractivity contribution is 4.69. The molecule has 5 heteroatoms. The van der Waals surface area contributed by atoms with Gasteiger partial charge in [0.15, 0.2) is 0 Å². The Morgan fingerprint density at radius 3 is 2.30 bits per heavy atom. The lowest BCUT2D eigenvalue weighted by Crippen LogP contribution is -2.31. The van der Waals surface area contributed by atoms with Crippen molar-refractivity contribution in [3.8, 4) is 0 Å².